The fraction of sp³-hybridized carbons (Fsp3) is 0.154. The lowest BCUT2D eigenvalue weighted by Gasteiger charge is -2.07. The zero-order chi connectivity index (χ0) is 14.9. The Hall–Kier alpha value is -2.75. The van der Waals surface area contributed by atoms with Gasteiger partial charge in [-0.1, -0.05) is 6.07 Å². The molecule has 102 valence electrons. The van der Waals surface area contributed by atoms with E-state index in [0.717, 1.165) is 6.07 Å². The molecule has 0 radical (unpaired) electrons. The standard InChI is InChI=1S/C13H10F2N4O/c1-7-3-4-9(14)10(11(7)15)13(20)17-12-8(5-16)6-19(2)18-12/h3-4,6H,1-2H3,(H,17,18,20). The number of rotatable bonds is 2. The summed E-state index contributed by atoms with van der Waals surface area (Å²) >= 11 is 0. The fourth-order valence-electron chi connectivity index (χ4n) is 1.70. The van der Waals surface area contributed by atoms with Gasteiger partial charge in [-0.2, -0.15) is 10.4 Å². The number of aromatic nitrogens is 2. The lowest BCUT2D eigenvalue weighted by Crippen LogP contribution is -2.17. The van der Waals surface area contributed by atoms with Crippen LogP contribution in [0.1, 0.15) is 21.5 Å². The van der Waals surface area contributed by atoms with Crippen LogP contribution in [0, 0.1) is 29.9 Å². The maximum Gasteiger partial charge on any atom is 0.262 e. The number of nitriles is 1. The number of hydrogen-bond donors (Lipinski definition) is 1. The second-order valence-electron chi connectivity index (χ2n) is 4.18. The molecule has 0 fully saturated rings. The molecule has 1 aromatic carbocycles. The molecule has 0 saturated carbocycles. The highest BCUT2D eigenvalue weighted by Crippen LogP contribution is 2.19. The van der Waals surface area contributed by atoms with Gasteiger partial charge in [-0.3, -0.25) is 9.48 Å². The van der Waals surface area contributed by atoms with E-state index in [9.17, 15) is 13.6 Å². The van der Waals surface area contributed by atoms with Crippen LogP contribution in [-0.4, -0.2) is 15.7 Å². The average Bonchev–Trinajstić information content (AvgIpc) is 2.74. The van der Waals surface area contributed by atoms with E-state index in [1.54, 1.807) is 7.05 Å². The van der Waals surface area contributed by atoms with Gasteiger partial charge in [-0.05, 0) is 18.6 Å². The summed E-state index contributed by atoms with van der Waals surface area (Å²) in [6.07, 6.45) is 1.39. The summed E-state index contributed by atoms with van der Waals surface area (Å²) in [6.45, 7) is 1.42. The number of aryl methyl sites for hydroxylation is 2. The molecule has 0 unspecified atom stereocenters. The lowest BCUT2D eigenvalue weighted by molar-refractivity contribution is 0.101. The van der Waals surface area contributed by atoms with Gasteiger partial charge in [0.15, 0.2) is 5.82 Å². The van der Waals surface area contributed by atoms with Gasteiger partial charge < -0.3 is 5.32 Å². The highest BCUT2D eigenvalue weighted by atomic mass is 19.1. The molecule has 0 saturated heterocycles. The van der Waals surface area contributed by atoms with E-state index in [1.165, 1.54) is 23.9 Å². The van der Waals surface area contributed by atoms with Crippen molar-refractivity contribution in [2.75, 3.05) is 5.32 Å². The van der Waals surface area contributed by atoms with E-state index in [4.69, 9.17) is 5.26 Å². The number of carbonyl (C=O) groups is 1. The quantitative estimate of drug-likeness (QED) is 0.913. The maximum atomic E-state index is 13.8. The largest absolute Gasteiger partial charge is 0.304 e. The van der Waals surface area contributed by atoms with Crippen molar-refractivity contribution in [1.29, 1.82) is 5.26 Å². The van der Waals surface area contributed by atoms with Gasteiger partial charge in [0, 0.05) is 13.2 Å². The van der Waals surface area contributed by atoms with Gasteiger partial charge in [0.2, 0.25) is 0 Å². The number of halogens is 2. The van der Waals surface area contributed by atoms with E-state index in [-0.39, 0.29) is 16.9 Å². The predicted octanol–water partition coefficient (Wildman–Crippen LogP) is 2.13. The first-order valence-electron chi connectivity index (χ1n) is 5.63. The summed E-state index contributed by atoms with van der Waals surface area (Å²) in [5.74, 6) is -2.93. The Labute approximate surface area is 113 Å². The second-order valence-corrected chi connectivity index (χ2v) is 4.18. The summed E-state index contributed by atoms with van der Waals surface area (Å²) < 4.78 is 28.7. The molecule has 1 N–H and O–H groups in total. The first-order valence-corrected chi connectivity index (χ1v) is 5.63. The number of hydrogen-bond acceptors (Lipinski definition) is 3. The Bertz CT molecular complexity index is 731. The SMILES string of the molecule is Cc1ccc(F)c(C(=O)Nc2nn(C)cc2C#N)c1F. The fourth-order valence-corrected chi connectivity index (χ4v) is 1.70. The van der Waals surface area contributed by atoms with Crippen LogP contribution in [-0.2, 0) is 7.05 Å². The summed E-state index contributed by atoms with van der Waals surface area (Å²) in [5.41, 5.74) is -0.438. The summed E-state index contributed by atoms with van der Waals surface area (Å²) in [4.78, 5) is 11.9. The molecule has 20 heavy (non-hydrogen) atoms. The van der Waals surface area contributed by atoms with Gasteiger partial charge in [-0.25, -0.2) is 8.78 Å². The topological polar surface area (TPSA) is 70.7 Å². The third-order valence-electron chi connectivity index (χ3n) is 2.69. The Kier molecular flexibility index (Phi) is 3.48. The van der Waals surface area contributed by atoms with Crippen molar-refractivity contribution in [3.63, 3.8) is 0 Å². The van der Waals surface area contributed by atoms with Crippen LogP contribution < -0.4 is 5.32 Å². The molecule has 7 heteroatoms. The Balaban J connectivity index is 2.39. The molecule has 0 bridgehead atoms. The molecule has 2 aromatic rings. The van der Waals surface area contributed by atoms with Crippen molar-refractivity contribution in [3.8, 4) is 6.07 Å². The smallest absolute Gasteiger partial charge is 0.262 e. The Morgan fingerprint density at radius 2 is 2.15 bits per heavy atom. The molecular weight excluding hydrogens is 266 g/mol. The van der Waals surface area contributed by atoms with Crippen molar-refractivity contribution in [3.05, 3.63) is 46.7 Å². The molecule has 2 rings (SSSR count). The van der Waals surface area contributed by atoms with Gasteiger partial charge >= 0.3 is 0 Å². The van der Waals surface area contributed by atoms with Crippen molar-refractivity contribution in [1.82, 2.24) is 9.78 Å². The third kappa shape index (κ3) is 2.36. The van der Waals surface area contributed by atoms with Gasteiger partial charge in [0.05, 0.1) is 0 Å². The number of nitrogens with zero attached hydrogens (tertiary/aromatic N) is 3. The summed E-state index contributed by atoms with van der Waals surface area (Å²) in [5, 5.41) is 14.9. The normalized spacial score (nSPS) is 10.2. The number of anilines is 1. The van der Waals surface area contributed by atoms with E-state index in [1.807, 2.05) is 6.07 Å². The van der Waals surface area contributed by atoms with Crippen LogP contribution in [0.2, 0.25) is 0 Å². The second kappa shape index (κ2) is 5.09. The van der Waals surface area contributed by atoms with Gasteiger partial charge in [-0.15, -0.1) is 0 Å². The molecule has 0 aliphatic rings. The van der Waals surface area contributed by atoms with E-state index in [0.29, 0.717) is 0 Å². The molecule has 0 aliphatic carbocycles. The Morgan fingerprint density at radius 1 is 1.45 bits per heavy atom. The predicted molar refractivity (Wildman–Crippen MR) is 67.0 cm³/mol. The first kappa shape index (κ1) is 13.7. The highest BCUT2D eigenvalue weighted by Gasteiger charge is 2.21. The molecule has 1 amide bonds. The van der Waals surface area contributed by atoms with E-state index in [2.05, 4.69) is 10.4 Å². The minimum atomic E-state index is -0.987. The Morgan fingerprint density at radius 3 is 2.80 bits per heavy atom. The number of nitrogens with one attached hydrogen (secondary N) is 1. The van der Waals surface area contributed by atoms with Crippen molar-refractivity contribution in [2.45, 2.75) is 6.92 Å². The number of benzene rings is 1. The van der Waals surface area contributed by atoms with E-state index >= 15 is 0 Å². The molecule has 5 nitrogen and oxygen atoms in total. The molecular formula is C13H10F2N4O. The van der Waals surface area contributed by atoms with Crippen molar-refractivity contribution in [2.24, 2.45) is 7.05 Å². The number of amides is 1. The van der Waals surface area contributed by atoms with E-state index < -0.39 is 23.1 Å². The van der Waals surface area contributed by atoms with Crippen LogP contribution in [0.3, 0.4) is 0 Å². The molecule has 0 atom stereocenters. The van der Waals surface area contributed by atoms with Crippen LogP contribution in [0.15, 0.2) is 18.3 Å². The minimum Gasteiger partial charge on any atom is -0.304 e. The van der Waals surface area contributed by atoms with Crippen LogP contribution in [0.25, 0.3) is 0 Å². The number of carbonyl (C=O) groups excluding carboxylic acids is 1. The van der Waals surface area contributed by atoms with Crippen LogP contribution >= 0.6 is 0 Å². The zero-order valence-corrected chi connectivity index (χ0v) is 10.7. The maximum absolute atomic E-state index is 13.8. The van der Waals surface area contributed by atoms with Crippen molar-refractivity contribution < 1.29 is 13.6 Å². The third-order valence-corrected chi connectivity index (χ3v) is 2.69. The van der Waals surface area contributed by atoms with Gasteiger partial charge in [0.1, 0.15) is 28.8 Å². The van der Waals surface area contributed by atoms with Crippen LogP contribution in [0.5, 0.6) is 0 Å². The lowest BCUT2D eigenvalue weighted by atomic mass is 10.1. The summed E-state index contributed by atoms with van der Waals surface area (Å²) in [7, 11) is 1.56. The van der Waals surface area contributed by atoms with Crippen LogP contribution in [0.4, 0.5) is 14.6 Å². The minimum absolute atomic E-state index is 0.0414. The van der Waals surface area contributed by atoms with Crippen molar-refractivity contribution >= 4 is 11.7 Å². The molecule has 0 spiro atoms. The average molecular weight is 276 g/mol. The summed E-state index contributed by atoms with van der Waals surface area (Å²) in [6, 6.07) is 4.08. The monoisotopic (exact) mass is 276 g/mol. The first-order chi connectivity index (χ1) is 9.43. The molecule has 1 heterocycles. The molecule has 0 aliphatic heterocycles. The highest BCUT2D eigenvalue weighted by molar-refractivity contribution is 6.04. The molecule has 1 aromatic heterocycles. The zero-order valence-electron chi connectivity index (χ0n) is 10.7. The van der Waals surface area contributed by atoms with Gasteiger partial charge in [0.25, 0.3) is 5.91 Å².